The summed E-state index contributed by atoms with van der Waals surface area (Å²) < 4.78 is 36.5. The van der Waals surface area contributed by atoms with Crippen LogP contribution in [0.3, 0.4) is 0 Å². The largest absolute Gasteiger partial charge is 0.405 e. The van der Waals surface area contributed by atoms with E-state index in [1.165, 1.54) is 0 Å². The Morgan fingerprint density at radius 1 is 1.55 bits per heavy atom. The Bertz CT molecular complexity index is 582. The second-order valence-corrected chi connectivity index (χ2v) is 5.10. The van der Waals surface area contributed by atoms with Crippen LogP contribution in [0.4, 0.5) is 19.0 Å². The van der Waals surface area contributed by atoms with Crippen LogP contribution in [0.5, 0.6) is 0 Å². The molecule has 22 heavy (non-hydrogen) atoms. The predicted molar refractivity (Wildman–Crippen MR) is 73.0 cm³/mol. The van der Waals surface area contributed by atoms with Gasteiger partial charge in [0.1, 0.15) is 18.4 Å². The molecule has 1 amide bonds. The molecule has 0 aliphatic carbocycles. The lowest BCUT2D eigenvalue weighted by Crippen LogP contribution is -2.45. The molecule has 1 saturated heterocycles. The maximum Gasteiger partial charge on any atom is 0.405 e. The van der Waals surface area contributed by atoms with Crippen molar-refractivity contribution in [3.05, 3.63) is 23.9 Å². The molecule has 118 valence electrons. The molecule has 0 bridgehead atoms. The summed E-state index contributed by atoms with van der Waals surface area (Å²) in [5.74, 6) is -0.681. The monoisotopic (exact) mass is 312 g/mol. The van der Waals surface area contributed by atoms with Gasteiger partial charge in [-0.2, -0.15) is 18.4 Å². The van der Waals surface area contributed by atoms with Gasteiger partial charge in [0.2, 0.25) is 5.91 Å². The van der Waals surface area contributed by atoms with Gasteiger partial charge in [-0.3, -0.25) is 4.79 Å². The van der Waals surface area contributed by atoms with E-state index in [0.717, 1.165) is 0 Å². The fraction of sp³-hybridized carbons (Fsp3) is 0.500. The van der Waals surface area contributed by atoms with Crippen LogP contribution in [0.2, 0.25) is 0 Å². The Labute approximate surface area is 125 Å². The van der Waals surface area contributed by atoms with E-state index in [0.29, 0.717) is 30.8 Å². The van der Waals surface area contributed by atoms with Gasteiger partial charge in [0.05, 0.1) is 11.5 Å². The number of halogens is 3. The Morgan fingerprint density at radius 3 is 3.00 bits per heavy atom. The van der Waals surface area contributed by atoms with E-state index < -0.39 is 24.5 Å². The van der Waals surface area contributed by atoms with Crippen LogP contribution in [-0.2, 0) is 4.79 Å². The molecule has 0 saturated carbocycles. The average Bonchev–Trinajstić information content (AvgIpc) is 2.52. The van der Waals surface area contributed by atoms with Crippen LogP contribution < -0.4 is 10.2 Å². The molecule has 1 aromatic heterocycles. The van der Waals surface area contributed by atoms with Gasteiger partial charge < -0.3 is 10.2 Å². The normalized spacial score (nSPS) is 18.6. The van der Waals surface area contributed by atoms with Crippen LogP contribution in [0.1, 0.15) is 18.4 Å². The second-order valence-electron chi connectivity index (χ2n) is 5.10. The summed E-state index contributed by atoms with van der Waals surface area (Å²) in [6.07, 6.45) is -1.69. The van der Waals surface area contributed by atoms with Crippen molar-refractivity contribution in [2.24, 2.45) is 5.92 Å². The lowest BCUT2D eigenvalue weighted by Gasteiger charge is -2.33. The van der Waals surface area contributed by atoms with E-state index in [1.54, 1.807) is 23.2 Å². The lowest BCUT2D eigenvalue weighted by molar-refractivity contribution is -0.140. The van der Waals surface area contributed by atoms with Gasteiger partial charge in [-0.1, -0.05) is 0 Å². The Morgan fingerprint density at radius 2 is 2.32 bits per heavy atom. The molecule has 1 unspecified atom stereocenters. The highest BCUT2D eigenvalue weighted by atomic mass is 19.4. The topological polar surface area (TPSA) is 69.0 Å². The summed E-state index contributed by atoms with van der Waals surface area (Å²) in [5.41, 5.74) is 0.388. The minimum Gasteiger partial charge on any atom is -0.355 e. The summed E-state index contributed by atoms with van der Waals surface area (Å²) in [4.78, 5) is 17.8. The smallest absolute Gasteiger partial charge is 0.355 e. The van der Waals surface area contributed by atoms with Crippen molar-refractivity contribution in [1.82, 2.24) is 10.3 Å². The maximum absolute atomic E-state index is 12.2. The summed E-state index contributed by atoms with van der Waals surface area (Å²) in [6, 6.07) is 5.29. The summed E-state index contributed by atoms with van der Waals surface area (Å²) in [7, 11) is 0. The van der Waals surface area contributed by atoms with Crippen molar-refractivity contribution in [1.29, 1.82) is 5.26 Å². The molecular formula is C14H15F3N4O. The first-order chi connectivity index (χ1) is 10.4. The van der Waals surface area contributed by atoms with Gasteiger partial charge in [-0.15, -0.1) is 0 Å². The SMILES string of the molecule is N#Cc1cccnc1N1CCCC(C(=O)NCC(F)(F)F)C1. The Kier molecular flexibility index (Phi) is 4.85. The fourth-order valence-corrected chi connectivity index (χ4v) is 2.45. The van der Waals surface area contributed by atoms with Gasteiger partial charge >= 0.3 is 6.18 Å². The molecule has 2 rings (SSSR count). The first-order valence-corrected chi connectivity index (χ1v) is 6.85. The third-order valence-corrected chi connectivity index (χ3v) is 3.46. The minimum absolute atomic E-state index is 0.259. The van der Waals surface area contributed by atoms with E-state index in [2.05, 4.69) is 4.98 Å². The number of hydrogen-bond acceptors (Lipinski definition) is 4. The molecule has 1 aliphatic heterocycles. The summed E-state index contributed by atoms with van der Waals surface area (Å²) in [6.45, 7) is -0.445. The van der Waals surface area contributed by atoms with E-state index >= 15 is 0 Å². The number of nitriles is 1. The van der Waals surface area contributed by atoms with Crippen LogP contribution in [0.25, 0.3) is 0 Å². The predicted octanol–water partition coefficient (Wildman–Crippen LogP) is 1.85. The number of alkyl halides is 3. The highest BCUT2D eigenvalue weighted by Gasteiger charge is 2.32. The van der Waals surface area contributed by atoms with E-state index in [9.17, 15) is 18.0 Å². The average molecular weight is 312 g/mol. The quantitative estimate of drug-likeness (QED) is 0.925. The van der Waals surface area contributed by atoms with E-state index in [-0.39, 0.29) is 6.54 Å². The van der Waals surface area contributed by atoms with Crippen molar-refractivity contribution in [2.45, 2.75) is 19.0 Å². The molecule has 1 fully saturated rings. The molecular weight excluding hydrogens is 297 g/mol. The zero-order valence-corrected chi connectivity index (χ0v) is 11.7. The minimum atomic E-state index is -4.42. The van der Waals surface area contributed by atoms with Crippen LogP contribution in [-0.4, -0.2) is 36.7 Å². The van der Waals surface area contributed by atoms with Gasteiger partial charge in [0, 0.05) is 19.3 Å². The van der Waals surface area contributed by atoms with Gasteiger partial charge in [-0.25, -0.2) is 4.98 Å². The standard InChI is InChI=1S/C14H15F3N4O/c15-14(16,17)9-20-13(22)11-4-2-6-21(8-11)12-10(7-18)3-1-5-19-12/h1,3,5,11H,2,4,6,8-9H2,(H,20,22). The number of rotatable bonds is 3. The van der Waals surface area contributed by atoms with Gasteiger partial charge in [0.15, 0.2) is 0 Å². The fourth-order valence-electron chi connectivity index (χ4n) is 2.45. The first kappa shape index (κ1) is 16.1. The Balaban J connectivity index is 2.03. The maximum atomic E-state index is 12.2. The molecule has 1 N–H and O–H groups in total. The number of piperidine rings is 1. The number of carbonyl (C=O) groups is 1. The number of nitrogens with zero attached hydrogens (tertiary/aromatic N) is 3. The highest BCUT2D eigenvalue weighted by molar-refractivity contribution is 5.79. The molecule has 0 spiro atoms. The van der Waals surface area contributed by atoms with Crippen molar-refractivity contribution in [3.63, 3.8) is 0 Å². The van der Waals surface area contributed by atoms with Crippen molar-refractivity contribution in [3.8, 4) is 6.07 Å². The first-order valence-electron chi connectivity index (χ1n) is 6.85. The molecule has 2 heterocycles. The molecule has 0 radical (unpaired) electrons. The molecule has 1 atom stereocenters. The molecule has 8 heteroatoms. The van der Waals surface area contributed by atoms with Crippen molar-refractivity contribution < 1.29 is 18.0 Å². The molecule has 0 aromatic carbocycles. The second kappa shape index (κ2) is 6.64. The molecule has 5 nitrogen and oxygen atoms in total. The van der Waals surface area contributed by atoms with Crippen LogP contribution in [0.15, 0.2) is 18.3 Å². The zero-order chi connectivity index (χ0) is 16.2. The van der Waals surface area contributed by atoms with E-state index in [4.69, 9.17) is 5.26 Å². The number of pyridine rings is 1. The van der Waals surface area contributed by atoms with Crippen molar-refractivity contribution in [2.75, 3.05) is 24.5 Å². The molecule has 1 aromatic rings. The third-order valence-electron chi connectivity index (χ3n) is 3.46. The summed E-state index contributed by atoms with van der Waals surface area (Å²) in [5, 5.41) is 11.0. The van der Waals surface area contributed by atoms with Gasteiger partial charge in [-0.05, 0) is 25.0 Å². The highest BCUT2D eigenvalue weighted by Crippen LogP contribution is 2.24. The zero-order valence-electron chi connectivity index (χ0n) is 11.7. The lowest BCUT2D eigenvalue weighted by atomic mass is 9.97. The molecule has 1 aliphatic rings. The summed E-state index contributed by atoms with van der Waals surface area (Å²) >= 11 is 0. The van der Waals surface area contributed by atoms with E-state index in [1.807, 2.05) is 11.4 Å². The van der Waals surface area contributed by atoms with Gasteiger partial charge in [0.25, 0.3) is 0 Å². The van der Waals surface area contributed by atoms with Crippen molar-refractivity contribution >= 4 is 11.7 Å². The van der Waals surface area contributed by atoms with Crippen LogP contribution >= 0.6 is 0 Å². The Hall–Kier alpha value is -2.30. The number of aromatic nitrogens is 1. The number of hydrogen-bond donors (Lipinski definition) is 1. The van der Waals surface area contributed by atoms with Crippen LogP contribution in [0, 0.1) is 17.2 Å². The number of carbonyl (C=O) groups excluding carboxylic acids is 1. The third kappa shape index (κ3) is 4.10. The number of anilines is 1. The number of amides is 1. The number of nitrogens with one attached hydrogen (secondary N) is 1.